The summed E-state index contributed by atoms with van der Waals surface area (Å²) in [5.74, 6) is 2.08. The molecule has 1 aromatic heterocycles. The second-order valence-corrected chi connectivity index (χ2v) is 3.63. The molecule has 5 nitrogen and oxygen atoms in total. The number of methoxy groups -OCH3 is 1. The quantitative estimate of drug-likeness (QED) is 0.871. The Balaban J connectivity index is 2.00. The number of nitrogens with zero attached hydrogens (tertiary/aromatic N) is 2. The first-order chi connectivity index (χ1) is 8.20. The normalized spacial score (nSPS) is 10.2. The molecule has 0 saturated heterocycles. The molecule has 2 aromatic rings. The molecule has 0 aliphatic heterocycles. The number of benzene rings is 1. The molecule has 2 N–H and O–H groups in total. The lowest BCUT2D eigenvalue weighted by Crippen LogP contribution is -2.04. The van der Waals surface area contributed by atoms with Gasteiger partial charge in [0.25, 0.3) is 0 Å². The van der Waals surface area contributed by atoms with Crippen molar-refractivity contribution in [1.29, 1.82) is 0 Å². The zero-order valence-corrected chi connectivity index (χ0v) is 9.88. The number of nitrogens with two attached hydrogens (primary N) is 1. The average Bonchev–Trinajstić information content (AvgIpc) is 2.68. The van der Waals surface area contributed by atoms with Crippen LogP contribution in [0, 0.1) is 0 Å². The van der Waals surface area contributed by atoms with Crippen LogP contribution in [0.25, 0.3) is 0 Å². The molecule has 5 heteroatoms. The topological polar surface area (TPSA) is 62.3 Å². The third-order valence-electron chi connectivity index (χ3n) is 2.57. The van der Waals surface area contributed by atoms with Crippen LogP contribution in [-0.2, 0) is 13.7 Å². The first-order valence-electron chi connectivity index (χ1n) is 5.23. The van der Waals surface area contributed by atoms with Crippen LogP contribution in [0.2, 0.25) is 0 Å². The van der Waals surface area contributed by atoms with Gasteiger partial charge in [0.05, 0.1) is 19.0 Å². The van der Waals surface area contributed by atoms with Gasteiger partial charge in [-0.1, -0.05) is 0 Å². The van der Waals surface area contributed by atoms with Gasteiger partial charge in [-0.25, -0.2) is 4.98 Å². The maximum Gasteiger partial charge on any atom is 0.200 e. The smallest absolute Gasteiger partial charge is 0.200 e. The Kier molecular flexibility index (Phi) is 3.18. The fourth-order valence-electron chi connectivity index (χ4n) is 1.42. The molecule has 1 aromatic carbocycles. The summed E-state index contributed by atoms with van der Waals surface area (Å²) in [5, 5.41) is 0. The van der Waals surface area contributed by atoms with E-state index in [1.807, 2.05) is 31.3 Å². The molecule has 1 heterocycles. The molecule has 0 atom stereocenters. The van der Waals surface area contributed by atoms with Gasteiger partial charge in [-0.3, -0.25) is 0 Å². The molecular weight excluding hydrogens is 218 g/mol. The van der Waals surface area contributed by atoms with E-state index in [0.29, 0.717) is 12.6 Å². The van der Waals surface area contributed by atoms with E-state index in [2.05, 4.69) is 4.98 Å². The van der Waals surface area contributed by atoms with Crippen LogP contribution >= 0.6 is 0 Å². The van der Waals surface area contributed by atoms with E-state index in [4.69, 9.17) is 15.2 Å². The summed E-state index contributed by atoms with van der Waals surface area (Å²) in [6.07, 6.45) is 1.71. The minimum absolute atomic E-state index is 0.438. The predicted molar refractivity (Wildman–Crippen MR) is 64.9 cm³/mol. The molecule has 0 saturated carbocycles. The van der Waals surface area contributed by atoms with Gasteiger partial charge in [-0.05, 0) is 24.3 Å². The van der Waals surface area contributed by atoms with E-state index in [1.54, 1.807) is 17.9 Å². The van der Waals surface area contributed by atoms with E-state index >= 15 is 0 Å². The first-order valence-corrected chi connectivity index (χ1v) is 5.23. The van der Waals surface area contributed by atoms with Gasteiger partial charge in [0.1, 0.15) is 18.1 Å². The fourth-order valence-corrected chi connectivity index (χ4v) is 1.42. The van der Waals surface area contributed by atoms with E-state index in [0.717, 1.165) is 17.2 Å². The van der Waals surface area contributed by atoms with Crippen molar-refractivity contribution in [3.8, 4) is 11.5 Å². The van der Waals surface area contributed by atoms with Crippen molar-refractivity contribution in [2.75, 3.05) is 12.8 Å². The SMILES string of the molecule is COc1ccc(OCc2cnc(N)n2C)cc1. The predicted octanol–water partition coefficient (Wildman–Crippen LogP) is 1.59. The largest absolute Gasteiger partial charge is 0.497 e. The Morgan fingerprint density at radius 1 is 1.24 bits per heavy atom. The lowest BCUT2D eigenvalue weighted by molar-refractivity contribution is 0.296. The fraction of sp³-hybridized carbons (Fsp3) is 0.250. The van der Waals surface area contributed by atoms with Crippen molar-refractivity contribution < 1.29 is 9.47 Å². The lowest BCUT2D eigenvalue weighted by atomic mass is 10.3. The molecule has 0 aliphatic carbocycles. The van der Waals surface area contributed by atoms with Crippen LogP contribution in [-0.4, -0.2) is 16.7 Å². The number of rotatable bonds is 4. The van der Waals surface area contributed by atoms with Crippen LogP contribution in [0.1, 0.15) is 5.69 Å². The summed E-state index contributed by atoms with van der Waals surface area (Å²) >= 11 is 0. The van der Waals surface area contributed by atoms with Crippen molar-refractivity contribution in [2.45, 2.75) is 6.61 Å². The third-order valence-corrected chi connectivity index (χ3v) is 2.57. The number of aromatic nitrogens is 2. The Bertz CT molecular complexity index is 491. The maximum atomic E-state index is 5.63. The number of anilines is 1. The van der Waals surface area contributed by atoms with Crippen LogP contribution in [0.3, 0.4) is 0 Å². The standard InChI is InChI=1S/C12H15N3O2/c1-15-9(7-14-12(15)13)8-17-11-5-3-10(16-2)4-6-11/h3-7H,8H2,1-2H3,(H2,13,14). The second-order valence-electron chi connectivity index (χ2n) is 3.63. The van der Waals surface area contributed by atoms with Gasteiger partial charge in [-0.15, -0.1) is 0 Å². The van der Waals surface area contributed by atoms with Gasteiger partial charge < -0.3 is 19.8 Å². The molecule has 0 bridgehead atoms. The number of nitrogen functional groups attached to an aromatic ring is 1. The Labute approximate surface area is 99.8 Å². The molecule has 0 radical (unpaired) electrons. The molecular formula is C12H15N3O2. The van der Waals surface area contributed by atoms with E-state index in [1.165, 1.54) is 0 Å². The minimum atomic E-state index is 0.438. The van der Waals surface area contributed by atoms with E-state index in [9.17, 15) is 0 Å². The Morgan fingerprint density at radius 2 is 1.88 bits per heavy atom. The van der Waals surface area contributed by atoms with Crippen LogP contribution in [0.4, 0.5) is 5.95 Å². The van der Waals surface area contributed by atoms with Gasteiger partial charge in [0.2, 0.25) is 0 Å². The minimum Gasteiger partial charge on any atom is -0.497 e. The Hall–Kier alpha value is -2.17. The highest BCUT2D eigenvalue weighted by Crippen LogP contribution is 2.18. The summed E-state index contributed by atoms with van der Waals surface area (Å²) in [6, 6.07) is 7.43. The summed E-state index contributed by atoms with van der Waals surface area (Å²) in [4.78, 5) is 4.00. The van der Waals surface area contributed by atoms with Crippen molar-refractivity contribution in [2.24, 2.45) is 7.05 Å². The van der Waals surface area contributed by atoms with Crippen molar-refractivity contribution in [3.05, 3.63) is 36.2 Å². The summed E-state index contributed by atoms with van der Waals surface area (Å²) in [5.41, 5.74) is 6.56. The van der Waals surface area contributed by atoms with Crippen LogP contribution < -0.4 is 15.2 Å². The molecule has 90 valence electrons. The number of ether oxygens (including phenoxy) is 2. The lowest BCUT2D eigenvalue weighted by Gasteiger charge is -2.07. The van der Waals surface area contributed by atoms with Gasteiger partial charge in [0.15, 0.2) is 5.95 Å². The van der Waals surface area contributed by atoms with Gasteiger partial charge >= 0.3 is 0 Å². The maximum absolute atomic E-state index is 5.63. The number of hydrogen-bond acceptors (Lipinski definition) is 4. The first kappa shape index (κ1) is 11.3. The van der Waals surface area contributed by atoms with Crippen molar-refractivity contribution in [3.63, 3.8) is 0 Å². The monoisotopic (exact) mass is 233 g/mol. The van der Waals surface area contributed by atoms with Crippen LogP contribution in [0.15, 0.2) is 30.5 Å². The van der Waals surface area contributed by atoms with Crippen molar-refractivity contribution >= 4 is 5.95 Å². The Morgan fingerprint density at radius 3 is 2.41 bits per heavy atom. The summed E-state index contributed by atoms with van der Waals surface area (Å²) in [7, 11) is 3.49. The molecule has 0 unspecified atom stereocenters. The average molecular weight is 233 g/mol. The zero-order chi connectivity index (χ0) is 12.3. The molecule has 0 amide bonds. The van der Waals surface area contributed by atoms with Crippen LogP contribution in [0.5, 0.6) is 11.5 Å². The zero-order valence-electron chi connectivity index (χ0n) is 9.88. The van der Waals surface area contributed by atoms with Gasteiger partial charge in [-0.2, -0.15) is 0 Å². The molecule has 2 rings (SSSR count). The summed E-state index contributed by atoms with van der Waals surface area (Å²) in [6.45, 7) is 0.438. The number of hydrogen-bond donors (Lipinski definition) is 1. The summed E-state index contributed by atoms with van der Waals surface area (Å²) < 4.78 is 12.5. The van der Waals surface area contributed by atoms with E-state index < -0.39 is 0 Å². The van der Waals surface area contributed by atoms with Gasteiger partial charge in [0, 0.05) is 7.05 Å². The highest BCUT2D eigenvalue weighted by molar-refractivity contribution is 5.31. The highest BCUT2D eigenvalue weighted by Gasteiger charge is 2.03. The molecule has 0 spiro atoms. The third kappa shape index (κ3) is 2.50. The van der Waals surface area contributed by atoms with Crippen molar-refractivity contribution in [1.82, 2.24) is 9.55 Å². The molecule has 17 heavy (non-hydrogen) atoms. The molecule has 0 aliphatic rings. The molecule has 0 fully saturated rings. The van der Waals surface area contributed by atoms with E-state index in [-0.39, 0.29) is 0 Å². The number of imidazole rings is 1. The second kappa shape index (κ2) is 4.78. The highest BCUT2D eigenvalue weighted by atomic mass is 16.5.